The lowest BCUT2D eigenvalue weighted by molar-refractivity contribution is 0.941. The summed E-state index contributed by atoms with van der Waals surface area (Å²) >= 11 is 7.56. The van der Waals surface area contributed by atoms with Crippen molar-refractivity contribution in [2.75, 3.05) is 24.3 Å². The van der Waals surface area contributed by atoms with Gasteiger partial charge in [-0.15, -0.1) is 11.3 Å². The maximum atomic E-state index is 5.93. The van der Waals surface area contributed by atoms with Crippen LogP contribution in [0.1, 0.15) is 4.88 Å². The minimum absolute atomic E-state index is 0.845. The molecular weight excluding hydrogens is 252 g/mol. The third kappa shape index (κ3) is 3.14. The summed E-state index contributed by atoms with van der Waals surface area (Å²) < 4.78 is 0.845. The first-order valence-corrected chi connectivity index (χ1v) is 6.61. The standard InChI is InChI=1S/C13H15ClN2S/c1-15-10-4-3-5-11(8-10)16(2)9-12-6-7-13(14)17-12/h3-8,15H,9H2,1-2H3. The summed E-state index contributed by atoms with van der Waals surface area (Å²) in [5.74, 6) is 0. The maximum absolute atomic E-state index is 5.93. The maximum Gasteiger partial charge on any atom is 0.0931 e. The number of benzene rings is 1. The highest BCUT2D eigenvalue weighted by atomic mass is 35.5. The molecule has 0 fully saturated rings. The molecule has 17 heavy (non-hydrogen) atoms. The molecule has 0 amide bonds. The van der Waals surface area contributed by atoms with Crippen molar-refractivity contribution in [1.82, 2.24) is 0 Å². The number of halogens is 1. The molecule has 0 saturated heterocycles. The zero-order chi connectivity index (χ0) is 12.3. The fraction of sp³-hybridized carbons (Fsp3) is 0.231. The Labute approximate surface area is 111 Å². The van der Waals surface area contributed by atoms with Crippen molar-refractivity contribution >= 4 is 34.3 Å². The molecule has 0 aliphatic carbocycles. The summed E-state index contributed by atoms with van der Waals surface area (Å²) in [6, 6.07) is 12.4. The van der Waals surface area contributed by atoms with Gasteiger partial charge in [-0.2, -0.15) is 0 Å². The number of nitrogens with zero attached hydrogens (tertiary/aromatic N) is 1. The van der Waals surface area contributed by atoms with Gasteiger partial charge in [-0.05, 0) is 30.3 Å². The fourth-order valence-electron chi connectivity index (χ4n) is 1.66. The summed E-state index contributed by atoms with van der Waals surface area (Å²) in [7, 11) is 4.01. The summed E-state index contributed by atoms with van der Waals surface area (Å²) in [4.78, 5) is 3.48. The van der Waals surface area contributed by atoms with Crippen LogP contribution in [0, 0.1) is 0 Å². The van der Waals surface area contributed by atoms with Gasteiger partial charge < -0.3 is 10.2 Å². The minimum atomic E-state index is 0.845. The Balaban J connectivity index is 2.11. The molecular formula is C13H15ClN2S. The van der Waals surface area contributed by atoms with Crippen LogP contribution in [-0.4, -0.2) is 14.1 Å². The summed E-state index contributed by atoms with van der Waals surface area (Å²) in [6.07, 6.45) is 0. The zero-order valence-corrected chi connectivity index (χ0v) is 11.5. The average molecular weight is 267 g/mol. The highest BCUT2D eigenvalue weighted by Crippen LogP contribution is 2.25. The van der Waals surface area contributed by atoms with Crippen LogP contribution in [0.25, 0.3) is 0 Å². The molecule has 90 valence electrons. The van der Waals surface area contributed by atoms with Crippen molar-refractivity contribution in [2.24, 2.45) is 0 Å². The van der Waals surface area contributed by atoms with Crippen molar-refractivity contribution in [3.8, 4) is 0 Å². The van der Waals surface area contributed by atoms with Gasteiger partial charge >= 0.3 is 0 Å². The summed E-state index contributed by atoms with van der Waals surface area (Å²) in [6.45, 7) is 0.880. The lowest BCUT2D eigenvalue weighted by Crippen LogP contribution is -2.15. The molecule has 2 nitrogen and oxygen atoms in total. The predicted molar refractivity (Wildman–Crippen MR) is 77.4 cm³/mol. The van der Waals surface area contributed by atoms with Crippen LogP contribution in [0.4, 0.5) is 11.4 Å². The van der Waals surface area contributed by atoms with Crippen LogP contribution in [0.5, 0.6) is 0 Å². The molecule has 1 N–H and O–H groups in total. The zero-order valence-electron chi connectivity index (χ0n) is 9.90. The predicted octanol–water partition coefficient (Wildman–Crippen LogP) is 4.08. The molecule has 1 aromatic heterocycles. The van der Waals surface area contributed by atoms with E-state index in [2.05, 4.69) is 47.6 Å². The average Bonchev–Trinajstić information content (AvgIpc) is 2.75. The third-order valence-corrected chi connectivity index (χ3v) is 3.81. The normalized spacial score (nSPS) is 10.3. The Morgan fingerprint density at radius 1 is 1.29 bits per heavy atom. The van der Waals surface area contributed by atoms with E-state index in [4.69, 9.17) is 11.6 Å². The van der Waals surface area contributed by atoms with E-state index in [1.807, 2.05) is 13.1 Å². The van der Waals surface area contributed by atoms with Gasteiger partial charge in [0.1, 0.15) is 0 Å². The van der Waals surface area contributed by atoms with Crippen LogP contribution in [0.15, 0.2) is 36.4 Å². The van der Waals surface area contributed by atoms with Gasteiger partial charge in [-0.3, -0.25) is 0 Å². The molecule has 1 aromatic carbocycles. The second kappa shape index (κ2) is 5.43. The molecule has 1 heterocycles. The Morgan fingerprint density at radius 3 is 2.76 bits per heavy atom. The summed E-state index contributed by atoms with van der Waals surface area (Å²) in [5, 5.41) is 3.15. The molecule has 0 aliphatic rings. The van der Waals surface area contributed by atoms with E-state index in [0.717, 1.165) is 16.6 Å². The summed E-state index contributed by atoms with van der Waals surface area (Å²) in [5.41, 5.74) is 2.32. The van der Waals surface area contributed by atoms with E-state index in [9.17, 15) is 0 Å². The molecule has 4 heteroatoms. The van der Waals surface area contributed by atoms with Gasteiger partial charge in [0, 0.05) is 30.3 Å². The topological polar surface area (TPSA) is 15.3 Å². The number of rotatable bonds is 4. The van der Waals surface area contributed by atoms with Crippen LogP contribution >= 0.6 is 22.9 Å². The Hall–Kier alpha value is -1.19. The number of anilines is 2. The Morgan fingerprint density at radius 2 is 2.12 bits per heavy atom. The van der Waals surface area contributed by atoms with E-state index < -0.39 is 0 Å². The van der Waals surface area contributed by atoms with Gasteiger partial charge in [0.2, 0.25) is 0 Å². The Kier molecular flexibility index (Phi) is 3.92. The highest BCUT2D eigenvalue weighted by molar-refractivity contribution is 7.16. The number of hydrogen-bond acceptors (Lipinski definition) is 3. The second-order valence-electron chi connectivity index (χ2n) is 3.86. The van der Waals surface area contributed by atoms with E-state index in [1.165, 1.54) is 10.6 Å². The molecule has 2 rings (SSSR count). The van der Waals surface area contributed by atoms with E-state index in [0.29, 0.717) is 0 Å². The van der Waals surface area contributed by atoms with Crippen LogP contribution in [-0.2, 0) is 6.54 Å². The Bertz CT molecular complexity index is 496. The molecule has 0 saturated carbocycles. The van der Waals surface area contributed by atoms with Gasteiger partial charge in [-0.25, -0.2) is 0 Å². The van der Waals surface area contributed by atoms with E-state index in [1.54, 1.807) is 11.3 Å². The molecule has 0 bridgehead atoms. The molecule has 2 aromatic rings. The molecule has 0 unspecified atom stereocenters. The van der Waals surface area contributed by atoms with Gasteiger partial charge in [0.25, 0.3) is 0 Å². The minimum Gasteiger partial charge on any atom is -0.388 e. The first kappa shape index (κ1) is 12.3. The first-order chi connectivity index (χ1) is 8.19. The van der Waals surface area contributed by atoms with Crippen LogP contribution < -0.4 is 10.2 Å². The number of hydrogen-bond donors (Lipinski definition) is 1. The van der Waals surface area contributed by atoms with Crippen molar-refractivity contribution in [3.63, 3.8) is 0 Å². The van der Waals surface area contributed by atoms with Gasteiger partial charge in [0.05, 0.1) is 10.9 Å². The highest BCUT2D eigenvalue weighted by Gasteiger charge is 2.04. The molecule has 0 radical (unpaired) electrons. The van der Waals surface area contributed by atoms with Crippen LogP contribution in [0.3, 0.4) is 0 Å². The molecule has 0 aliphatic heterocycles. The van der Waals surface area contributed by atoms with Crippen molar-refractivity contribution in [3.05, 3.63) is 45.6 Å². The smallest absolute Gasteiger partial charge is 0.0931 e. The van der Waals surface area contributed by atoms with Gasteiger partial charge in [-0.1, -0.05) is 17.7 Å². The number of nitrogens with one attached hydrogen (secondary N) is 1. The fourth-order valence-corrected chi connectivity index (χ4v) is 2.80. The van der Waals surface area contributed by atoms with Crippen molar-refractivity contribution in [1.29, 1.82) is 0 Å². The SMILES string of the molecule is CNc1cccc(N(C)Cc2ccc(Cl)s2)c1. The van der Waals surface area contributed by atoms with Crippen LogP contribution in [0.2, 0.25) is 4.34 Å². The monoisotopic (exact) mass is 266 g/mol. The largest absolute Gasteiger partial charge is 0.388 e. The van der Waals surface area contributed by atoms with Gasteiger partial charge in [0.15, 0.2) is 0 Å². The van der Waals surface area contributed by atoms with Crippen molar-refractivity contribution in [2.45, 2.75) is 6.54 Å². The quantitative estimate of drug-likeness (QED) is 0.897. The third-order valence-electron chi connectivity index (χ3n) is 2.60. The number of thiophene rings is 1. The van der Waals surface area contributed by atoms with E-state index >= 15 is 0 Å². The molecule has 0 spiro atoms. The lowest BCUT2D eigenvalue weighted by Gasteiger charge is -2.19. The van der Waals surface area contributed by atoms with Crippen molar-refractivity contribution < 1.29 is 0 Å². The van der Waals surface area contributed by atoms with E-state index in [-0.39, 0.29) is 0 Å². The lowest BCUT2D eigenvalue weighted by atomic mass is 10.2. The first-order valence-electron chi connectivity index (χ1n) is 5.42. The second-order valence-corrected chi connectivity index (χ2v) is 5.66. The molecule has 0 atom stereocenters.